The first-order valence-electron chi connectivity index (χ1n) is 15.8. The van der Waals surface area contributed by atoms with Crippen LogP contribution < -0.4 is 11.1 Å². The fourth-order valence-electron chi connectivity index (χ4n) is 7.41. The van der Waals surface area contributed by atoms with Crippen LogP contribution in [0.2, 0.25) is 0 Å². The maximum absolute atomic E-state index is 11.2. The quantitative estimate of drug-likeness (QED) is 0.221. The summed E-state index contributed by atoms with van der Waals surface area (Å²) in [4.78, 5) is 11.2. The molecule has 0 bridgehead atoms. The molecule has 2 fully saturated rings. The fourth-order valence-corrected chi connectivity index (χ4v) is 7.41. The van der Waals surface area contributed by atoms with Crippen LogP contribution in [-0.2, 0) is 11.8 Å². The topological polar surface area (TPSA) is 87.1 Å². The van der Waals surface area contributed by atoms with Gasteiger partial charge in [0.05, 0.1) is 5.69 Å². The van der Waals surface area contributed by atoms with Gasteiger partial charge in [-0.2, -0.15) is 5.10 Å². The second-order valence-electron chi connectivity index (χ2n) is 12.5. The summed E-state index contributed by atoms with van der Waals surface area (Å²) in [6, 6.07) is 19.2. The first-order chi connectivity index (χ1) is 20.5. The molecule has 0 spiro atoms. The second-order valence-corrected chi connectivity index (χ2v) is 12.5. The van der Waals surface area contributed by atoms with Crippen LogP contribution in [-0.4, -0.2) is 39.1 Å². The molecule has 1 amide bonds. The summed E-state index contributed by atoms with van der Waals surface area (Å²) in [6.45, 7) is 3.12. The van der Waals surface area contributed by atoms with Crippen molar-refractivity contribution in [2.24, 2.45) is 12.8 Å². The van der Waals surface area contributed by atoms with Crippen LogP contribution in [0.3, 0.4) is 0 Å². The van der Waals surface area contributed by atoms with Gasteiger partial charge in [0.15, 0.2) is 0 Å². The zero-order valence-corrected chi connectivity index (χ0v) is 25.1. The molecule has 1 unspecified atom stereocenters. The minimum Gasteiger partial charge on any atom is -0.446 e. The lowest BCUT2D eigenvalue weighted by Gasteiger charge is -2.29. The molecule has 4 aromatic rings. The van der Waals surface area contributed by atoms with Gasteiger partial charge in [-0.3, -0.25) is 4.68 Å². The fraction of sp³-hybridized carbons (Fsp3) is 0.486. The summed E-state index contributed by atoms with van der Waals surface area (Å²) in [6.07, 6.45) is 14.9. The summed E-state index contributed by atoms with van der Waals surface area (Å²) in [5.41, 5.74) is 13.0. The average molecular weight is 568 g/mol. The van der Waals surface area contributed by atoms with Crippen molar-refractivity contribution in [2.45, 2.75) is 95.2 Å². The molecular weight excluding hydrogens is 522 g/mol. The third-order valence-corrected chi connectivity index (χ3v) is 9.59. The molecule has 2 aliphatic carbocycles. The van der Waals surface area contributed by atoms with Gasteiger partial charge in [0.25, 0.3) is 0 Å². The monoisotopic (exact) mass is 567 g/mol. The van der Waals surface area contributed by atoms with E-state index < -0.39 is 6.09 Å². The van der Waals surface area contributed by atoms with Gasteiger partial charge in [0.2, 0.25) is 0 Å². The third-order valence-electron chi connectivity index (χ3n) is 9.59. The normalized spacial score (nSPS) is 20.5. The number of fused-ring (bicyclic) bond motifs is 1. The van der Waals surface area contributed by atoms with Crippen molar-refractivity contribution >= 4 is 17.0 Å². The Bertz CT molecular complexity index is 1510. The minimum atomic E-state index is -0.661. The Labute approximate surface area is 249 Å². The van der Waals surface area contributed by atoms with Crippen molar-refractivity contribution in [3.8, 4) is 11.3 Å². The van der Waals surface area contributed by atoms with Crippen LogP contribution in [0, 0.1) is 6.92 Å². The van der Waals surface area contributed by atoms with Gasteiger partial charge < -0.3 is 20.4 Å². The van der Waals surface area contributed by atoms with Crippen molar-refractivity contribution < 1.29 is 9.53 Å². The number of nitrogens with zero attached hydrogens (tertiary/aromatic N) is 3. The molecule has 0 radical (unpaired) electrons. The molecule has 1 atom stereocenters. The average Bonchev–Trinajstić information content (AvgIpc) is 3.59. The van der Waals surface area contributed by atoms with E-state index in [-0.39, 0.29) is 12.0 Å². The first-order valence-corrected chi connectivity index (χ1v) is 15.8. The number of carbonyl (C=O) groups is 1. The number of hydrogen-bond donors (Lipinski definition) is 2. The summed E-state index contributed by atoms with van der Waals surface area (Å²) >= 11 is 0. The Hall–Kier alpha value is -3.58. The van der Waals surface area contributed by atoms with Gasteiger partial charge in [0, 0.05) is 53.9 Å². The van der Waals surface area contributed by atoms with Crippen molar-refractivity contribution in [3.05, 3.63) is 77.6 Å². The van der Waals surface area contributed by atoms with Crippen LogP contribution in [0.15, 0.2) is 60.9 Å². The largest absolute Gasteiger partial charge is 0.446 e. The van der Waals surface area contributed by atoms with E-state index in [2.05, 4.69) is 76.6 Å². The maximum atomic E-state index is 11.2. The highest BCUT2D eigenvalue weighted by molar-refractivity contribution is 5.89. The molecule has 2 saturated carbocycles. The molecule has 6 rings (SSSR count). The number of hydrogen-bond acceptors (Lipinski definition) is 4. The molecule has 2 aromatic heterocycles. The SMILES string of the molecule is Cc1cccc(C(CCNC2CCC(OC(N)=O)CC2)c2cn(C3CCCCC3)c3ccc(-c4ccnn4C)cc23)c1. The number of amides is 1. The van der Waals surface area contributed by atoms with Crippen molar-refractivity contribution in [1.29, 1.82) is 0 Å². The predicted molar refractivity (Wildman–Crippen MR) is 169 cm³/mol. The molecule has 222 valence electrons. The first kappa shape index (κ1) is 28.5. The molecule has 7 heteroatoms. The highest BCUT2D eigenvalue weighted by atomic mass is 16.6. The molecule has 2 aliphatic rings. The smallest absolute Gasteiger partial charge is 0.404 e. The summed E-state index contributed by atoms with van der Waals surface area (Å²) < 4.78 is 9.82. The van der Waals surface area contributed by atoms with Gasteiger partial charge in [-0.25, -0.2) is 4.79 Å². The highest BCUT2D eigenvalue weighted by Crippen LogP contribution is 2.40. The molecule has 0 aliphatic heterocycles. The number of aryl methyl sites for hydroxylation is 2. The molecule has 2 aromatic carbocycles. The van der Waals surface area contributed by atoms with E-state index >= 15 is 0 Å². The van der Waals surface area contributed by atoms with E-state index in [1.165, 1.54) is 65.3 Å². The van der Waals surface area contributed by atoms with E-state index in [0.717, 1.165) is 44.3 Å². The van der Waals surface area contributed by atoms with Crippen LogP contribution in [0.25, 0.3) is 22.2 Å². The lowest BCUT2D eigenvalue weighted by atomic mass is 9.86. The van der Waals surface area contributed by atoms with Crippen LogP contribution in [0.5, 0.6) is 0 Å². The minimum absolute atomic E-state index is 0.0415. The second kappa shape index (κ2) is 12.7. The lowest BCUT2D eigenvalue weighted by Crippen LogP contribution is -2.37. The molecule has 2 heterocycles. The number of rotatable bonds is 9. The number of primary amides is 1. The van der Waals surface area contributed by atoms with Gasteiger partial charge >= 0.3 is 6.09 Å². The number of aromatic nitrogens is 3. The molecule has 7 nitrogen and oxygen atoms in total. The van der Waals surface area contributed by atoms with Gasteiger partial charge in [-0.15, -0.1) is 0 Å². The van der Waals surface area contributed by atoms with E-state index in [1.54, 1.807) is 0 Å². The third kappa shape index (κ3) is 6.26. The number of ether oxygens (including phenoxy) is 1. The Morgan fingerprint density at radius 1 is 1.05 bits per heavy atom. The number of carbonyl (C=O) groups excluding carboxylic acids is 1. The molecular formula is C35H45N5O2. The van der Waals surface area contributed by atoms with Gasteiger partial charge in [-0.1, -0.05) is 55.2 Å². The van der Waals surface area contributed by atoms with E-state index in [9.17, 15) is 4.79 Å². The number of nitrogens with one attached hydrogen (secondary N) is 1. The molecule has 0 saturated heterocycles. The summed E-state index contributed by atoms with van der Waals surface area (Å²) in [7, 11) is 2.02. The van der Waals surface area contributed by atoms with Crippen molar-refractivity contribution in [2.75, 3.05) is 6.54 Å². The van der Waals surface area contributed by atoms with Crippen LogP contribution in [0.4, 0.5) is 4.79 Å². The number of benzene rings is 2. The molecule has 3 N–H and O–H groups in total. The Kier molecular flexibility index (Phi) is 8.66. The predicted octanol–water partition coefficient (Wildman–Crippen LogP) is 7.37. The Morgan fingerprint density at radius 3 is 2.57 bits per heavy atom. The Balaban J connectivity index is 1.32. The zero-order chi connectivity index (χ0) is 29.1. The van der Waals surface area contributed by atoms with Gasteiger partial charge in [0.1, 0.15) is 6.10 Å². The van der Waals surface area contributed by atoms with Crippen LogP contribution >= 0.6 is 0 Å². The lowest BCUT2D eigenvalue weighted by molar-refractivity contribution is 0.0758. The van der Waals surface area contributed by atoms with E-state index in [0.29, 0.717) is 12.1 Å². The number of nitrogens with two attached hydrogens (primary N) is 1. The van der Waals surface area contributed by atoms with Crippen molar-refractivity contribution in [1.82, 2.24) is 19.7 Å². The van der Waals surface area contributed by atoms with E-state index in [1.807, 2.05) is 17.9 Å². The van der Waals surface area contributed by atoms with Gasteiger partial charge in [-0.05, 0) is 87.7 Å². The molecule has 42 heavy (non-hydrogen) atoms. The highest BCUT2D eigenvalue weighted by Gasteiger charge is 2.26. The summed E-state index contributed by atoms with van der Waals surface area (Å²) in [5, 5.41) is 9.65. The maximum Gasteiger partial charge on any atom is 0.404 e. The van der Waals surface area contributed by atoms with E-state index in [4.69, 9.17) is 10.5 Å². The zero-order valence-electron chi connectivity index (χ0n) is 25.1. The standard InChI is InChI=1S/C35H45N5O2/c1-24-7-6-8-25(21-24)30(17-19-37-27-12-14-29(15-13-27)42-35(36)41)32-23-40(28-9-4-3-5-10-28)34-16-11-26(22-31(32)34)33-18-20-38-39(33)2/h6-8,11,16,18,20-23,27-30,37H,3-5,9-10,12-15,17,19H2,1-2H3,(H2,36,41). The van der Waals surface area contributed by atoms with Crippen LogP contribution in [0.1, 0.15) is 92.9 Å². The Morgan fingerprint density at radius 2 is 1.86 bits per heavy atom. The van der Waals surface area contributed by atoms with Crippen molar-refractivity contribution in [3.63, 3.8) is 0 Å². The summed E-state index contributed by atoms with van der Waals surface area (Å²) in [5.74, 6) is 0.279.